The molecular weight excluding hydrogens is 228 g/mol. The van der Waals surface area contributed by atoms with Gasteiger partial charge >= 0.3 is 0 Å². The Bertz CT molecular complexity index is 622. The maximum atomic E-state index is 12.0. The molecule has 1 aromatic carbocycles. The van der Waals surface area contributed by atoms with Crippen LogP contribution in [-0.4, -0.2) is 20.9 Å². The molecule has 0 saturated heterocycles. The SMILES string of the molecule is C#Cc1c(C(=O)Nc2ccccc2)nnn1C=C. The minimum atomic E-state index is -0.401. The van der Waals surface area contributed by atoms with Crippen molar-refractivity contribution in [3.63, 3.8) is 0 Å². The summed E-state index contributed by atoms with van der Waals surface area (Å²) in [6.45, 7) is 3.53. The summed E-state index contributed by atoms with van der Waals surface area (Å²) in [5.41, 5.74) is 1.04. The van der Waals surface area contributed by atoms with Gasteiger partial charge in [0.25, 0.3) is 5.91 Å². The van der Waals surface area contributed by atoms with Crippen LogP contribution in [-0.2, 0) is 0 Å². The highest BCUT2D eigenvalue weighted by molar-refractivity contribution is 6.04. The number of nitrogens with one attached hydrogen (secondary N) is 1. The number of benzene rings is 1. The van der Waals surface area contributed by atoms with Crippen molar-refractivity contribution < 1.29 is 4.79 Å². The third-order valence-corrected chi connectivity index (χ3v) is 2.25. The van der Waals surface area contributed by atoms with Crippen molar-refractivity contribution in [3.8, 4) is 12.3 Å². The highest BCUT2D eigenvalue weighted by atomic mass is 16.2. The third-order valence-electron chi connectivity index (χ3n) is 2.25. The minimum Gasteiger partial charge on any atom is -0.321 e. The summed E-state index contributed by atoms with van der Waals surface area (Å²) >= 11 is 0. The average molecular weight is 238 g/mol. The van der Waals surface area contributed by atoms with E-state index in [1.165, 1.54) is 10.9 Å². The van der Waals surface area contributed by atoms with Crippen LogP contribution < -0.4 is 5.32 Å². The first-order valence-corrected chi connectivity index (χ1v) is 5.17. The molecule has 2 aromatic rings. The Kier molecular flexibility index (Phi) is 3.21. The van der Waals surface area contributed by atoms with Crippen LogP contribution in [0.4, 0.5) is 5.69 Å². The van der Waals surface area contributed by atoms with Crippen molar-refractivity contribution in [2.24, 2.45) is 0 Å². The second kappa shape index (κ2) is 4.97. The van der Waals surface area contributed by atoms with Crippen molar-refractivity contribution in [1.82, 2.24) is 15.0 Å². The lowest BCUT2D eigenvalue weighted by atomic mass is 10.2. The normalized spacial score (nSPS) is 9.50. The molecule has 0 spiro atoms. The molecule has 1 heterocycles. The smallest absolute Gasteiger partial charge is 0.279 e. The van der Waals surface area contributed by atoms with Crippen LogP contribution in [0.2, 0.25) is 0 Å². The molecule has 0 aliphatic heterocycles. The number of carbonyl (C=O) groups is 1. The molecule has 5 heteroatoms. The maximum absolute atomic E-state index is 12.0. The first-order chi connectivity index (χ1) is 8.76. The number of terminal acetylenes is 1. The molecule has 0 radical (unpaired) electrons. The fourth-order valence-electron chi connectivity index (χ4n) is 1.42. The molecule has 0 bridgehead atoms. The van der Waals surface area contributed by atoms with Gasteiger partial charge in [-0.2, -0.15) is 0 Å². The molecule has 1 aromatic heterocycles. The molecule has 2 rings (SSSR count). The molecule has 1 amide bonds. The monoisotopic (exact) mass is 238 g/mol. The number of hydrogen-bond acceptors (Lipinski definition) is 3. The number of para-hydroxylation sites is 1. The summed E-state index contributed by atoms with van der Waals surface area (Å²) in [5, 5.41) is 10.1. The van der Waals surface area contributed by atoms with Gasteiger partial charge in [-0.15, -0.1) is 11.5 Å². The summed E-state index contributed by atoms with van der Waals surface area (Å²) in [5.74, 6) is 1.97. The number of carbonyl (C=O) groups excluding carboxylic acids is 1. The van der Waals surface area contributed by atoms with Crippen molar-refractivity contribution in [3.05, 3.63) is 48.3 Å². The van der Waals surface area contributed by atoms with Crippen LogP contribution in [0, 0.1) is 12.3 Å². The standard InChI is InChI=1S/C13H10N4O/c1-3-11-12(15-16-17(11)4-2)13(18)14-10-8-6-5-7-9-10/h1,4-9H,2H2,(H,14,18). The molecule has 88 valence electrons. The fourth-order valence-corrected chi connectivity index (χ4v) is 1.42. The second-order valence-electron chi connectivity index (χ2n) is 3.38. The number of nitrogens with zero attached hydrogens (tertiary/aromatic N) is 3. The Hall–Kier alpha value is -2.87. The number of rotatable bonds is 3. The van der Waals surface area contributed by atoms with Gasteiger partial charge in [0.1, 0.15) is 5.69 Å². The molecule has 0 saturated carbocycles. The van der Waals surface area contributed by atoms with Gasteiger partial charge < -0.3 is 5.32 Å². The van der Waals surface area contributed by atoms with Crippen molar-refractivity contribution >= 4 is 17.8 Å². The number of anilines is 1. The lowest BCUT2D eigenvalue weighted by Crippen LogP contribution is -2.14. The van der Waals surface area contributed by atoms with Crippen molar-refractivity contribution in [1.29, 1.82) is 0 Å². The van der Waals surface area contributed by atoms with Gasteiger partial charge in [0, 0.05) is 11.9 Å². The first-order valence-electron chi connectivity index (χ1n) is 5.17. The molecule has 0 aliphatic rings. The molecule has 0 aliphatic carbocycles. The Balaban J connectivity index is 2.28. The van der Waals surface area contributed by atoms with E-state index in [2.05, 4.69) is 28.1 Å². The summed E-state index contributed by atoms with van der Waals surface area (Å²) in [7, 11) is 0. The molecule has 18 heavy (non-hydrogen) atoms. The molecule has 0 unspecified atom stereocenters. The van der Waals surface area contributed by atoms with Crippen LogP contribution in [0.1, 0.15) is 16.2 Å². The molecule has 0 atom stereocenters. The summed E-state index contributed by atoms with van der Waals surface area (Å²) < 4.78 is 1.28. The van der Waals surface area contributed by atoms with E-state index < -0.39 is 5.91 Å². The summed E-state index contributed by atoms with van der Waals surface area (Å²) in [6.07, 6.45) is 6.71. The minimum absolute atomic E-state index is 0.0984. The van der Waals surface area contributed by atoms with Gasteiger partial charge in [0.05, 0.1) is 0 Å². The van der Waals surface area contributed by atoms with E-state index in [9.17, 15) is 4.79 Å². The third kappa shape index (κ3) is 2.13. The lowest BCUT2D eigenvalue weighted by Gasteiger charge is -2.02. The summed E-state index contributed by atoms with van der Waals surface area (Å²) in [4.78, 5) is 12.0. The largest absolute Gasteiger partial charge is 0.321 e. The lowest BCUT2D eigenvalue weighted by molar-refractivity contribution is 0.102. The summed E-state index contributed by atoms with van der Waals surface area (Å²) in [6, 6.07) is 9.03. The predicted molar refractivity (Wildman–Crippen MR) is 68.7 cm³/mol. The van der Waals surface area contributed by atoms with E-state index in [0.717, 1.165) is 0 Å². The van der Waals surface area contributed by atoms with E-state index in [0.29, 0.717) is 5.69 Å². The molecule has 5 nitrogen and oxygen atoms in total. The van der Waals surface area contributed by atoms with Crippen LogP contribution in [0.3, 0.4) is 0 Å². The van der Waals surface area contributed by atoms with Crippen LogP contribution >= 0.6 is 0 Å². The molecule has 0 fully saturated rings. The Labute approximate surface area is 104 Å². The van der Waals surface area contributed by atoms with Crippen LogP contribution in [0.25, 0.3) is 6.20 Å². The van der Waals surface area contributed by atoms with Gasteiger partial charge in [-0.3, -0.25) is 4.79 Å². The Morgan fingerprint density at radius 3 is 2.78 bits per heavy atom. The number of hydrogen-bond donors (Lipinski definition) is 1. The van der Waals surface area contributed by atoms with Crippen LogP contribution in [0.5, 0.6) is 0 Å². The average Bonchev–Trinajstić information content (AvgIpc) is 2.82. The van der Waals surface area contributed by atoms with Gasteiger partial charge in [0.15, 0.2) is 5.69 Å². The van der Waals surface area contributed by atoms with Crippen LogP contribution in [0.15, 0.2) is 36.9 Å². The molecular formula is C13H10N4O. The highest BCUT2D eigenvalue weighted by Gasteiger charge is 2.17. The number of aromatic nitrogens is 3. The highest BCUT2D eigenvalue weighted by Crippen LogP contribution is 2.10. The fraction of sp³-hybridized carbons (Fsp3) is 0. The van der Waals surface area contributed by atoms with E-state index in [-0.39, 0.29) is 11.4 Å². The van der Waals surface area contributed by atoms with E-state index >= 15 is 0 Å². The first kappa shape index (κ1) is 11.6. The molecule has 1 N–H and O–H groups in total. The zero-order valence-corrected chi connectivity index (χ0v) is 9.50. The predicted octanol–water partition coefficient (Wildman–Crippen LogP) is 1.61. The van der Waals surface area contributed by atoms with Crippen molar-refractivity contribution in [2.75, 3.05) is 5.32 Å². The Morgan fingerprint density at radius 1 is 1.44 bits per heavy atom. The van der Waals surface area contributed by atoms with Gasteiger partial charge in [-0.1, -0.05) is 30.0 Å². The van der Waals surface area contributed by atoms with E-state index in [4.69, 9.17) is 6.42 Å². The van der Waals surface area contributed by atoms with Gasteiger partial charge in [-0.05, 0) is 18.1 Å². The zero-order valence-electron chi connectivity index (χ0n) is 9.50. The maximum Gasteiger partial charge on any atom is 0.279 e. The van der Waals surface area contributed by atoms with Crippen molar-refractivity contribution in [2.45, 2.75) is 0 Å². The quantitative estimate of drug-likeness (QED) is 0.826. The van der Waals surface area contributed by atoms with Gasteiger partial charge in [-0.25, -0.2) is 4.68 Å². The zero-order chi connectivity index (χ0) is 13.0. The topological polar surface area (TPSA) is 59.8 Å². The van der Waals surface area contributed by atoms with E-state index in [1.807, 2.05) is 18.2 Å². The van der Waals surface area contributed by atoms with Gasteiger partial charge in [0.2, 0.25) is 0 Å². The number of amides is 1. The van der Waals surface area contributed by atoms with E-state index in [1.54, 1.807) is 12.1 Å². The Morgan fingerprint density at radius 2 is 2.17 bits per heavy atom. The second-order valence-corrected chi connectivity index (χ2v) is 3.38.